The van der Waals surface area contributed by atoms with E-state index >= 15 is 0 Å². The Kier molecular flexibility index (Phi) is 6.33. The average molecular weight is 268 g/mol. The maximum Gasteiger partial charge on any atom is 0.186 e. The van der Waals surface area contributed by atoms with Crippen LogP contribution in [0.5, 0.6) is 0 Å². The number of unbranched alkanes of at least 4 members (excludes halogenated alkanes) is 2. The van der Waals surface area contributed by atoms with Crippen LogP contribution in [0.4, 0.5) is 5.13 Å². The van der Waals surface area contributed by atoms with Crippen LogP contribution in [-0.4, -0.2) is 23.9 Å². The Hall–Kier alpha value is -0.900. The smallest absolute Gasteiger partial charge is 0.186 e. The van der Waals surface area contributed by atoms with Gasteiger partial charge in [-0.25, -0.2) is 4.98 Å². The fraction of sp³-hybridized carbons (Fsp3) is 0.714. The molecule has 3 nitrogen and oxygen atoms in total. The van der Waals surface area contributed by atoms with Gasteiger partial charge in [-0.15, -0.1) is 0 Å². The number of aldehydes is 1. The molecule has 0 fully saturated rings. The predicted octanol–water partition coefficient (Wildman–Crippen LogP) is 3.92. The van der Waals surface area contributed by atoms with Crippen molar-refractivity contribution in [2.75, 3.05) is 11.4 Å². The normalized spacial score (nSPS) is 10.9. The second-order valence-corrected chi connectivity index (χ2v) is 5.78. The summed E-state index contributed by atoms with van der Waals surface area (Å²) in [5.41, 5.74) is 0.936. The van der Waals surface area contributed by atoms with E-state index in [4.69, 9.17) is 0 Å². The number of carbonyl (C=O) groups is 1. The molecule has 0 aromatic carbocycles. The molecule has 0 aliphatic rings. The van der Waals surface area contributed by atoms with Crippen LogP contribution in [0.15, 0.2) is 0 Å². The molecule has 1 aromatic rings. The number of hydrogen-bond donors (Lipinski definition) is 0. The molecule has 0 unspecified atom stereocenters. The summed E-state index contributed by atoms with van der Waals surface area (Å²) in [7, 11) is 0. The third kappa shape index (κ3) is 3.80. The van der Waals surface area contributed by atoms with Crippen LogP contribution < -0.4 is 4.90 Å². The van der Waals surface area contributed by atoms with Crippen LogP contribution in [0, 0.1) is 0 Å². The number of hydrogen-bond acceptors (Lipinski definition) is 4. The second-order valence-electron chi connectivity index (χ2n) is 4.77. The minimum absolute atomic E-state index is 0.428. The van der Waals surface area contributed by atoms with Gasteiger partial charge in [0.2, 0.25) is 0 Å². The van der Waals surface area contributed by atoms with Gasteiger partial charge in [0.25, 0.3) is 0 Å². The van der Waals surface area contributed by atoms with E-state index in [0.717, 1.165) is 35.0 Å². The van der Waals surface area contributed by atoms with E-state index < -0.39 is 0 Å². The van der Waals surface area contributed by atoms with Crippen molar-refractivity contribution in [3.05, 3.63) is 10.6 Å². The Morgan fingerprint density at radius 3 is 2.50 bits per heavy atom. The van der Waals surface area contributed by atoms with Crippen molar-refractivity contribution >= 4 is 22.8 Å². The Morgan fingerprint density at radius 1 is 1.33 bits per heavy atom. The third-order valence-electron chi connectivity index (χ3n) is 3.03. The first kappa shape index (κ1) is 15.2. The lowest BCUT2D eigenvalue weighted by Crippen LogP contribution is -2.31. The van der Waals surface area contributed by atoms with E-state index in [1.807, 2.05) is 6.92 Å². The Labute approximate surface area is 114 Å². The minimum Gasteiger partial charge on any atom is -0.346 e. The Bertz CT molecular complexity index is 374. The fourth-order valence-electron chi connectivity index (χ4n) is 1.93. The van der Waals surface area contributed by atoms with Crippen molar-refractivity contribution in [2.24, 2.45) is 0 Å². The standard InChI is InChI=1S/C14H24N2OS/c1-5-7-8-9-16(11(3)4)14-15-12(6-2)13(10-17)18-14/h10-11H,5-9H2,1-4H3. The molecule has 0 aliphatic heterocycles. The number of nitrogens with zero attached hydrogens (tertiary/aromatic N) is 2. The van der Waals surface area contributed by atoms with Crippen LogP contribution >= 0.6 is 11.3 Å². The molecule has 0 bridgehead atoms. The maximum atomic E-state index is 11.0. The van der Waals surface area contributed by atoms with Gasteiger partial charge in [-0.2, -0.15) is 0 Å². The molecule has 0 saturated carbocycles. The number of carbonyl (C=O) groups excluding carboxylic acids is 1. The third-order valence-corrected chi connectivity index (χ3v) is 4.09. The first-order chi connectivity index (χ1) is 8.63. The first-order valence-electron chi connectivity index (χ1n) is 6.85. The SMILES string of the molecule is CCCCCN(c1nc(CC)c(C=O)s1)C(C)C. The van der Waals surface area contributed by atoms with Crippen molar-refractivity contribution < 1.29 is 4.79 Å². The van der Waals surface area contributed by atoms with Gasteiger partial charge in [-0.3, -0.25) is 4.79 Å². The van der Waals surface area contributed by atoms with E-state index in [1.54, 1.807) is 0 Å². The van der Waals surface area contributed by atoms with E-state index in [9.17, 15) is 4.79 Å². The molecular weight excluding hydrogens is 244 g/mol. The number of aromatic nitrogens is 1. The van der Waals surface area contributed by atoms with Gasteiger partial charge in [-0.1, -0.05) is 38.0 Å². The summed E-state index contributed by atoms with van der Waals surface area (Å²) >= 11 is 1.53. The van der Waals surface area contributed by atoms with E-state index in [0.29, 0.717) is 6.04 Å². The molecule has 0 spiro atoms. The topological polar surface area (TPSA) is 33.2 Å². The second kappa shape index (κ2) is 7.52. The van der Waals surface area contributed by atoms with Gasteiger partial charge in [0, 0.05) is 12.6 Å². The van der Waals surface area contributed by atoms with E-state index in [-0.39, 0.29) is 0 Å². The number of thiazole rings is 1. The Morgan fingerprint density at radius 2 is 2.06 bits per heavy atom. The lowest BCUT2D eigenvalue weighted by molar-refractivity contribution is 0.112. The quantitative estimate of drug-likeness (QED) is 0.529. The average Bonchev–Trinajstić information content (AvgIpc) is 2.77. The van der Waals surface area contributed by atoms with Gasteiger partial charge in [0.1, 0.15) is 0 Å². The molecule has 1 heterocycles. The lowest BCUT2D eigenvalue weighted by atomic mass is 10.2. The molecule has 0 aliphatic carbocycles. The van der Waals surface area contributed by atoms with Gasteiger partial charge in [-0.05, 0) is 26.7 Å². The molecule has 18 heavy (non-hydrogen) atoms. The van der Waals surface area contributed by atoms with Crippen LogP contribution in [0.25, 0.3) is 0 Å². The molecular formula is C14H24N2OS. The zero-order chi connectivity index (χ0) is 13.5. The van der Waals surface area contributed by atoms with Crippen molar-refractivity contribution in [1.29, 1.82) is 0 Å². The monoisotopic (exact) mass is 268 g/mol. The van der Waals surface area contributed by atoms with Gasteiger partial charge in [0.15, 0.2) is 11.4 Å². The summed E-state index contributed by atoms with van der Waals surface area (Å²) < 4.78 is 0. The van der Waals surface area contributed by atoms with Crippen LogP contribution in [-0.2, 0) is 6.42 Å². The highest BCUT2D eigenvalue weighted by Gasteiger charge is 2.17. The van der Waals surface area contributed by atoms with Crippen molar-refractivity contribution in [1.82, 2.24) is 4.98 Å². The summed E-state index contributed by atoms with van der Waals surface area (Å²) in [6, 6.07) is 0.428. The van der Waals surface area contributed by atoms with Crippen LogP contribution in [0.2, 0.25) is 0 Å². The molecule has 4 heteroatoms. The molecule has 0 radical (unpaired) electrons. The number of aryl methyl sites for hydroxylation is 1. The highest BCUT2D eigenvalue weighted by molar-refractivity contribution is 7.17. The summed E-state index contributed by atoms with van der Waals surface area (Å²) in [4.78, 5) is 18.7. The number of rotatable bonds is 8. The van der Waals surface area contributed by atoms with Crippen molar-refractivity contribution in [3.8, 4) is 0 Å². The zero-order valence-electron chi connectivity index (χ0n) is 11.9. The summed E-state index contributed by atoms with van der Waals surface area (Å²) in [5, 5.41) is 1.00. The van der Waals surface area contributed by atoms with Gasteiger partial charge >= 0.3 is 0 Å². The first-order valence-corrected chi connectivity index (χ1v) is 7.67. The molecule has 0 N–H and O–H groups in total. The largest absolute Gasteiger partial charge is 0.346 e. The summed E-state index contributed by atoms with van der Waals surface area (Å²) in [6.45, 7) is 9.64. The Balaban J connectivity index is 2.84. The van der Waals surface area contributed by atoms with Crippen LogP contribution in [0.1, 0.15) is 62.3 Å². The van der Waals surface area contributed by atoms with Gasteiger partial charge < -0.3 is 4.90 Å². The molecule has 102 valence electrons. The van der Waals surface area contributed by atoms with E-state index in [1.165, 1.54) is 30.6 Å². The summed E-state index contributed by atoms with van der Waals surface area (Å²) in [6.07, 6.45) is 5.42. The van der Waals surface area contributed by atoms with Crippen molar-refractivity contribution in [2.45, 2.75) is 59.4 Å². The summed E-state index contributed by atoms with van der Waals surface area (Å²) in [5.74, 6) is 0. The highest BCUT2D eigenvalue weighted by Crippen LogP contribution is 2.27. The molecule has 0 atom stereocenters. The molecule has 1 rings (SSSR count). The molecule has 1 aromatic heterocycles. The molecule has 0 amide bonds. The van der Waals surface area contributed by atoms with E-state index in [2.05, 4.69) is 30.7 Å². The predicted molar refractivity (Wildman–Crippen MR) is 78.9 cm³/mol. The highest BCUT2D eigenvalue weighted by atomic mass is 32.1. The maximum absolute atomic E-state index is 11.0. The van der Waals surface area contributed by atoms with Crippen molar-refractivity contribution in [3.63, 3.8) is 0 Å². The molecule has 0 saturated heterocycles. The minimum atomic E-state index is 0.428. The number of anilines is 1. The van der Waals surface area contributed by atoms with Gasteiger partial charge in [0.05, 0.1) is 10.6 Å². The zero-order valence-corrected chi connectivity index (χ0v) is 12.7. The van der Waals surface area contributed by atoms with Crippen LogP contribution in [0.3, 0.4) is 0 Å². The fourth-order valence-corrected chi connectivity index (χ4v) is 3.05. The lowest BCUT2D eigenvalue weighted by Gasteiger charge is -2.26.